The number of aliphatic hydroxyl groups is 1. The van der Waals surface area contributed by atoms with Crippen molar-refractivity contribution < 1.29 is 19.0 Å². The Morgan fingerprint density at radius 2 is 2.32 bits per heavy atom. The summed E-state index contributed by atoms with van der Waals surface area (Å²) >= 11 is 0. The number of halogens is 1. The van der Waals surface area contributed by atoms with Gasteiger partial charge in [0.25, 0.3) is 0 Å². The van der Waals surface area contributed by atoms with Crippen molar-refractivity contribution in [3.63, 3.8) is 0 Å². The van der Waals surface area contributed by atoms with Gasteiger partial charge in [-0.25, -0.2) is 4.39 Å². The highest BCUT2D eigenvalue weighted by atomic mass is 19.1. The number of methoxy groups -OCH3 is 1. The van der Waals surface area contributed by atoms with Crippen LogP contribution in [0.3, 0.4) is 0 Å². The molecule has 0 fully saturated rings. The molecule has 0 spiro atoms. The topological polar surface area (TPSA) is 58.6 Å². The molecule has 0 radical (unpaired) electrons. The van der Waals surface area contributed by atoms with Crippen molar-refractivity contribution in [1.82, 2.24) is 5.32 Å². The van der Waals surface area contributed by atoms with Crippen LogP contribution >= 0.6 is 0 Å². The molecule has 4 nitrogen and oxygen atoms in total. The second-order valence-electron chi connectivity index (χ2n) is 4.19. The van der Waals surface area contributed by atoms with Crippen molar-refractivity contribution in [2.45, 2.75) is 13.0 Å². The molecule has 0 aliphatic rings. The predicted octanol–water partition coefficient (Wildman–Crippen LogP) is 1.35. The molecular formula is C14H18FNO3. The number of carbonyl (C=O) groups is 1. The largest absolute Gasteiger partial charge is 0.389 e. The molecule has 0 saturated carbocycles. The molecule has 0 saturated heterocycles. The van der Waals surface area contributed by atoms with E-state index in [0.29, 0.717) is 11.1 Å². The average Bonchev–Trinajstić information content (AvgIpc) is 2.36. The van der Waals surface area contributed by atoms with Crippen molar-refractivity contribution in [3.05, 3.63) is 41.7 Å². The van der Waals surface area contributed by atoms with Crippen LogP contribution in [0.15, 0.2) is 30.3 Å². The van der Waals surface area contributed by atoms with Crippen molar-refractivity contribution in [2.24, 2.45) is 0 Å². The molecule has 0 aliphatic heterocycles. The number of hydrogen-bond acceptors (Lipinski definition) is 3. The summed E-state index contributed by atoms with van der Waals surface area (Å²) < 4.78 is 17.8. The van der Waals surface area contributed by atoms with Gasteiger partial charge in [0.2, 0.25) is 5.91 Å². The SMILES string of the molecule is COCC(O)CNC(=O)/C=C(/C)c1cccc(F)c1. The number of amides is 1. The molecule has 0 aromatic heterocycles. The van der Waals surface area contributed by atoms with E-state index in [1.165, 1.54) is 25.3 Å². The Labute approximate surface area is 111 Å². The minimum Gasteiger partial charge on any atom is -0.389 e. The third kappa shape index (κ3) is 5.63. The Kier molecular flexibility index (Phi) is 6.18. The van der Waals surface area contributed by atoms with E-state index in [1.807, 2.05) is 0 Å². The summed E-state index contributed by atoms with van der Waals surface area (Å²) in [7, 11) is 1.47. The number of benzene rings is 1. The van der Waals surface area contributed by atoms with Crippen molar-refractivity contribution in [3.8, 4) is 0 Å². The summed E-state index contributed by atoms with van der Waals surface area (Å²) in [6, 6.07) is 6.01. The summed E-state index contributed by atoms with van der Waals surface area (Å²) in [5, 5.41) is 11.9. The number of rotatable bonds is 6. The van der Waals surface area contributed by atoms with Crippen molar-refractivity contribution >= 4 is 11.5 Å². The van der Waals surface area contributed by atoms with Gasteiger partial charge < -0.3 is 15.2 Å². The molecule has 1 atom stereocenters. The third-order valence-corrected chi connectivity index (χ3v) is 2.50. The maximum absolute atomic E-state index is 13.0. The van der Waals surface area contributed by atoms with Crippen molar-refractivity contribution in [1.29, 1.82) is 0 Å². The molecule has 0 heterocycles. The highest BCUT2D eigenvalue weighted by molar-refractivity contribution is 5.94. The molecule has 1 aromatic rings. The van der Waals surface area contributed by atoms with Crippen LogP contribution in [-0.2, 0) is 9.53 Å². The van der Waals surface area contributed by atoms with Crippen LogP contribution < -0.4 is 5.32 Å². The zero-order valence-corrected chi connectivity index (χ0v) is 11.0. The van der Waals surface area contributed by atoms with E-state index in [1.54, 1.807) is 19.1 Å². The Hall–Kier alpha value is -1.72. The number of carbonyl (C=O) groups excluding carboxylic acids is 1. The maximum Gasteiger partial charge on any atom is 0.244 e. The molecule has 0 bridgehead atoms. The lowest BCUT2D eigenvalue weighted by Gasteiger charge is -2.09. The molecule has 1 amide bonds. The van der Waals surface area contributed by atoms with E-state index in [0.717, 1.165) is 0 Å². The monoisotopic (exact) mass is 267 g/mol. The lowest BCUT2D eigenvalue weighted by molar-refractivity contribution is -0.117. The molecule has 1 unspecified atom stereocenters. The molecular weight excluding hydrogens is 249 g/mol. The van der Waals surface area contributed by atoms with E-state index < -0.39 is 6.10 Å². The number of nitrogens with one attached hydrogen (secondary N) is 1. The lowest BCUT2D eigenvalue weighted by atomic mass is 10.1. The fourth-order valence-corrected chi connectivity index (χ4v) is 1.53. The first-order chi connectivity index (χ1) is 9.02. The van der Waals surface area contributed by atoms with Gasteiger partial charge in [0.1, 0.15) is 5.82 Å². The number of ether oxygens (including phenoxy) is 1. The molecule has 19 heavy (non-hydrogen) atoms. The van der Waals surface area contributed by atoms with Crippen LogP contribution in [0.5, 0.6) is 0 Å². The van der Waals surface area contributed by atoms with Crippen LogP contribution in [0, 0.1) is 5.82 Å². The molecule has 1 rings (SSSR count). The highest BCUT2D eigenvalue weighted by Gasteiger charge is 2.06. The maximum atomic E-state index is 13.0. The van der Waals surface area contributed by atoms with Crippen LogP contribution in [-0.4, -0.2) is 37.4 Å². The molecule has 2 N–H and O–H groups in total. The van der Waals surface area contributed by atoms with Crippen LogP contribution in [0.25, 0.3) is 5.57 Å². The van der Waals surface area contributed by atoms with Gasteiger partial charge in [-0.05, 0) is 30.2 Å². The summed E-state index contributed by atoms with van der Waals surface area (Å²) in [6.07, 6.45) is 0.630. The fourth-order valence-electron chi connectivity index (χ4n) is 1.53. The number of allylic oxidation sites excluding steroid dienone is 1. The van der Waals surface area contributed by atoms with E-state index in [-0.39, 0.29) is 24.9 Å². The van der Waals surface area contributed by atoms with Gasteiger partial charge in [-0.3, -0.25) is 4.79 Å². The Balaban J connectivity index is 2.56. The number of hydrogen-bond donors (Lipinski definition) is 2. The van der Waals surface area contributed by atoms with Gasteiger partial charge in [-0.2, -0.15) is 0 Å². The quantitative estimate of drug-likeness (QED) is 0.765. The first-order valence-electron chi connectivity index (χ1n) is 5.92. The van der Waals surface area contributed by atoms with E-state index in [9.17, 15) is 14.3 Å². The van der Waals surface area contributed by atoms with Crippen LogP contribution in [0.2, 0.25) is 0 Å². The average molecular weight is 267 g/mol. The number of aliphatic hydroxyl groups excluding tert-OH is 1. The standard InChI is InChI=1S/C14H18FNO3/c1-10(11-4-3-5-12(15)7-11)6-14(18)16-8-13(17)9-19-2/h3-7,13,17H,8-9H2,1-2H3,(H,16,18)/b10-6-. The zero-order chi connectivity index (χ0) is 14.3. The van der Waals surface area contributed by atoms with Gasteiger partial charge in [0, 0.05) is 19.7 Å². The highest BCUT2D eigenvalue weighted by Crippen LogP contribution is 2.14. The molecule has 104 valence electrons. The van der Waals surface area contributed by atoms with E-state index in [2.05, 4.69) is 5.32 Å². The van der Waals surface area contributed by atoms with Gasteiger partial charge in [-0.15, -0.1) is 0 Å². The Bertz CT molecular complexity index is 460. The van der Waals surface area contributed by atoms with Crippen LogP contribution in [0.1, 0.15) is 12.5 Å². The summed E-state index contributed by atoms with van der Waals surface area (Å²) in [4.78, 5) is 11.6. The minimum absolute atomic E-state index is 0.111. The summed E-state index contributed by atoms with van der Waals surface area (Å²) in [5.41, 5.74) is 1.30. The van der Waals surface area contributed by atoms with Gasteiger partial charge in [0.15, 0.2) is 0 Å². The summed E-state index contributed by atoms with van der Waals surface area (Å²) in [6.45, 7) is 1.99. The third-order valence-electron chi connectivity index (χ3n) is 2.50. The fraction of sp³-hybridized carbons (Fsp3) is 0.357. The zero-order valence-electron chi connectivity index (χ0n) is 11.0. The Morgan fingerprint density at radius 3 is 2.95 bits per heavy atom. The molecule has 0 aliphatic carbocycles. The van der Waals surface area contributed by atoms with Gasteiger partial charge in [0.05, 0.1) is 12.7 Å². The normalized spacial score (nSPS) is 13.2. The first kappa shape index (κ1) is 15.3. The second kappa shape index (κ2) is 7.66. The lowest BCUT2D eigenvalue weighted by Crippen LogP contribution is -2.33. The predicted molar refractivity (Wildman–Crippen MR) is 70.9 cm³/mol. The Morgan fingerprint density at radius 1 is 1.58 bits per heavy atom. The smallest absolute Gasteiger partial charge is 0.244 e. The molecule has 1 aromatic carbocycles. The van der Waals surface area contributed by atoms with E-state index in [4.69, 9.17) is 4.74 Å². The summed E-state index contributed by atoms with van der Waals surface area (Å²) in [5.74, 6) is -0.682. The minimum atomic E-state index is -0.739. The second-order valence-corrected chi connectivity index (χ2v) is 4.19. The molecule has 5 heteroatoms. The van der Waals surface area contributed by atoms with Gasteiger partial charge >= 0.3 is 0 Å². The first-order valence-corrected chi connectivity index (χ1v) is 5.92. The van der Waals surface area contributed by atoms with Gasteiger partial charge in [-0.1, -0.05) is 12.1 Å². The van der Waals surface area contributed by atoms with E-state index >= 15 is 0 Å². The van der Waals surface area contributed by atoms with Crippen molar-refractivity contribution in [2.75, 3.05) is 20.3 Å². The van der Waals surface area contributed by atoms with Crippen LogP contribution in [0.4, 0.5) is 4.39 Å².